The molecule has 7 unspecified atom stereocenters. The number of carbonyl (C=O) groups is 1. The maximum atomic E-state index is 13.1. The summed E-state index contributed by atoms with van der Waals surface area (Å²) in [6, 6.07) is -0.825. The Bertz CT molecular complexity index is 1390. The zero-order valence-electron chi connectivity index (χ0n) is 45.5. The zero-order valence-corrected chi connectivity index (χ0v) is 45.5. The number of unbranched alkanes of at least 4 members (excludes halogenated alkanes) is 27. The normalized spacial score (nSPS) is 19.9. The van der Waals surface area contributed by atoms with Crippen molar-refractivity contribution in [3.8, 4) is 0 Å². The van der Waals surface area contributed by atoms with Gasteiger partial charge in [0.05, 0.1) is 25.4 Å². The highest BCUT2D eigenvalue weighted by molar-refractivity contribution is 5.76. The third-order valence-electron chi connectivity index (χ3n) is 13.5. The minimum absolute atomic E-state index is 0.202. The molecular weight excluding hydrogens is 887 g/mol. The molecular formula is C62H109NO8. The van der Waals surface area contributed by atoms with Gasteiger partial charge in [-0.05, 0) is 70.6 Å². The Kier molecular flexibility index (Phi) is 47.6. The first-order chi connectivity index (χ1) is 34.8. The first-order valence-corrected chi connectivity index (χ1v) is 29.3. The number of amides is 1. The van der Waals surface area contributed by atoms with Crippen LogP contribution in [-0.4, -0.2) is 87.5 Å². The van der Waals surface area contributed by atoms with E-state index >= 15 is 0 Å². The van der Waals surface area contributed by atoms with Gasteiger partial charge in [-0.25, -0.2) is 0 Å². The molecule has 1 heterocycles. The van der Waals surface area contributed by atoms with Crippen LogP contribution in [0.5, 0.6) is 0 Å². The van der Waals surface area contributed by atoms with Crippen LogP contribution in [0.25, 0.3) is 0 Å². The molecule has 0 saturated carbocycles. The Morgan fingerprint density at radius 1 is 0.493 bits per heavy atom. The summed E-state index contributed by atoms with van der Waals surface area (Å²) in [5.41, 5.74) is 0. The summed E-state index contributed by atoms with van der Waals surface area (Å²) in [4.78, 5) is 13.1. The third kappa shape index (κ3) is 40.4. The van der Waals surface area contributed by atoms with Crippen LogP contribution in [0.2, 0.25) is 0 Å². The molecule has 1 rings (SSSR count). The smallest absolute Gasteiger partial charge is 0.220 e. The van der Waals surface area contributed by atoms with E-state index in [1.165, 1.54) is 135 Å². The van der Waals surface area contributed by atoms with E-state index in [2.05, 4.69) is 92.1 Å². The maximum Gasteiger partial charge on any atom is 0.220 e. The molecule has 7 atom stereocenters. The second-order valence-corrected chi connectivity index (χ2v) is 20.1. The van der Waals surface area contributed by atoms with E-state index in [-0.39, 0.29) is 12.5 Å². The number of aliphatic hydroxyl groups is 5. The first kappa shape index (κ1) is 66.4. The number of hydrogen-bond donors (Lipinski definition) is 6. The maximum absolute atomic E-state index is 13.1. The molecule has 0 aliphatic carbocycles. The average Bonchev–Trinajstić information content (AvgIpc) is 3.37. The Labute approximate surface area is 435 Å². The molecule has 71 heavy (non-hydrogen) atoms. The number of rotatable bonds is 49. The number of aliphatic hydroxyl groups excluding tert-OH is 5. The standard InChI is InChI=1S/C62H109NO8/c1-3-5-7-9-11-13-15-17-19-21-23-25-27-28-30-31-33-35-37-39-41-43-45-47-49-51-56(65)55(54-70-62-61(69)60(68)59(67)57(53-64)71-62)63-58(66)52-50-48-46-44-42-40-38-36-34-32-29-26-24-22-20-18-16-14-12-10-8-6-4-2/h6,8,12,14,18,20,24,26,32,34,38,40,49,51,55-57,59-62,64-65,67-69H,3-5,7,9-11,13,15-17,19,21-23,25,27-31,33,35-37,39,41-48,50,52-54H2,1-2H3,(H,63,66)/b8-6-,14-12-,20-18-,26-24-,34-32-,40-38-,51-49+. The largest absolute Gasteiger partial charge is 0.394 e. The lowest BCUT2D eigenvalue weighted by atomic mass is 9.99. The average molecular weight is 997 g/mol. The predicted octanol–water partition coefficient (Wildman–Crippen LogP) is 14.6. The molecule has 0 spiro atoms. The van der Waals surface area contributed by atoms with Gasteiger partial charge in [-0.15, -0.1) is 0 Å². The molecule has 0 aromatic heterocycles. The minimum atomic E-state index is -1.58. The van der Waals surface area contributed by atoms with E-state index < -0.39 is 49.5 Å². The van der Waals surface area contributed by atoms with Crippen LogP contribution in [0.15, 0.2) is 85.1 Å². The number of carbonyl (C=O) groups excluding carboxylic acids is 1. The van der Waals surface area contributed by atoms with E-state index in [9.17, 15) is 30.3 Å². The van der Waals surface area contributed by atoms with Crippen molar-refractivity contribution in [2.24, 2.45) is 0 Å². The lowest BCUT2D eigenvalue weighted by Gasteiger charge is -2.40. The number of hydrogen-bond acceptors (Lipinski definition) is 8. The van der Waals surface area contributed by atoms with Gasteiger partial charge in [0.2, 0.25) is 5.91 Å². The highest BCUT2D eigenvalue weighted by Crippen LogP contribution is 2.23. The van der Waals surface area contributed by atoms with E-state index in [4.69, 9.17) is 9.47 Å². The van der Waals surface area contributed by atoms with Gasteiger partial charge >= 0.3 is 0 Å². The Hall–Kier alpha value is -2.63. The van der Waals surface area contributed by atoms with Crippen molar-refractivity contribution < 1.29 is 39.8 Å². The molecule has 0 radical (unpaired) electrons. The SMILES string of the molecule is CC/C=C\C/C=C\C/C=C\C/C=C\C/C=C\C/C=C\CCCCCCC(=O)NC(COC1OC(CO)C(O)C(O)C1O)C(O)/C=C/CCCCCCCCCCCCCCCCCCCCCCCCC. The van der Waals surface area contributed by atoms with Gasteiger partial charge < -0.3 is 40.3 Å². The second kappa shape index (κ2) is 50.9. The van der Waals surface area contributed by atoms with Crippen molar-refractivity contribution in [3.05, 3.63) is 85.1 Å². The van der Waals surface area contributed by atoms with Crippen molar-refractivity contribution in [2.75, 3.05) is 13.2 Å². The fraction of sp³-hybridized carbons (Fsp3) is 0.758. The topological polar surface area (TPSA) is 149 Å². The summed E-state index contributed by atoms with van der Waals surface area (Å²) in [5, 5.41) is 54.5. The van der Waals surface area contributed by atoms with Crippen LogP contribution in [0.3, 0.4) is 0 Å². The fourth-order valence-electron chi connectivity index (χ4n) is 8.87. The molecule has 0 aromatic carbocycles. The van der Waals surface area contributed by atoms with E-state index in [1.54, 1.807) is 6.08 Å². The fourth-order valence-corrected chi connectivity index (χ4v) is 8.87. The lowest BCUT2D eigenvalue weighted by molar-refractivity contribution is -0.302. The highest BCUT2D eigenvalue weighted by atomic mass is 16.7. The van der Waals surface area contributed by atoms with Crippen LogP contribution >= 0.6 is 0 Å². The third-order valence-corrected chi connectivity index (χ3v) is 13.5. The van der Waals surface area contributed by atoms with Gasteiger partial charge in [0, 0.05) is 6.42 Å². The summed E-state index contributed by atoms with van der Waals surface area (Å²) in [7, 11) is 0. The van der Waals surface area contributed by atoms with Gasteiger partial charge in [0.15, 0.2) is 6.29 Å². The molecule has 9 heteroatoms. The molecule has 9 nitrogen and oxygen atoms in total. The summed E-state index contributed by atoms with van der Waals surface area (Å²) >= 11 is 0. The molecule has 6 N–H and O–H groups in total. The molecule has 1 fully saturated rings. The van der Waals surface area contributed by atoms with Crippen molar-refractivity contribution in [3.63, 3.8) is 0 Å². The summed E-state index contributed by atoms with van der Waals surface area (Å²) < 4.78 is 11.3. The zero-order chi connectivity index (χ0) is 51.5. The predicted molar refractivity (Wildman–Crippen MR) is 299 cm³/mol. The van der Waals surface area contributed by atoms with Crippen molar-refractivity contribution in [1.82, 2.24) is 5.32 Å². The van der Waals surface area contributed by atoms with Gasteiger partial charge in [-0.1, -0.05) is 253 Å². The quantitative estimate of drug-likeness (QED) is 0.0261. The van der Waals surface area contributed by atoms with Gasteiger partial charge in [0.1, 0.15) is 24.4 Å². The van der Waals surface area contributed by atoms with Gasteiger partial charge in [-0.3, -0.25) is 4.79 Å². The van der Waals surface area contributed by atoms with Crippen molar-refractivity contribution in [1.29, 1.82) is 0 Å². The molecule has 1 aliphatic heterocycles. The summed E-state index contributed by atoms with van der Waals surface area (Å²) in [6.07, 6.45) is 65.0. The molecule has 0 bridgehead atoms. The Morgan fingerprint density at radius 2 is 0.873 bits per heavy atom. The first-order valence-electron chi connectivity index (χ1n) is 29.3. The van der Waals surface area contributed by atoms with Crippen LogP contribution < -0.4 is 5.32 Å². The molecule has 1 amide bonds. The number of allylic oxidation sites excluding steroid dienone is 13. The second-order valence-electron chi connectivity index (χ2n) is 20.1. The molecule has 1 saturated heterocycles. The Morgan fingerprint density at radius 3 is 1.30 bits per heavy atom. The monoisotopic (exact) mass is 996 g/mol. The van der Waals surface area contributed by atoms with Gasteiger partial charge in [0.25, 0.3) is 0 Å². The van der Waals surface area contributed by atoms with Crippen molar-refractivity contribution in [2.45, 2.75) is 288 Å². The summed E-state index contributed by atoms with van der Waals surface area (Å²) in [5.74, 6) is -0.202. The van der Waals surface area contributed by atoms with Crippen LogP contribution in [0, 0.1) is 0 Å². The van der Waals surface area contributed by atoms with Crippen LogP contribution in [-0.2, 0) is 14.3 Å². The van der Waals surface area contributed by atoms with Crippen LogP contribution in [0.1, 0.15) is 245 Å². The Balaban J connectivity index is 2.26. The molecule has 410 valence electrons. The number of ether oxygens (including phenoxy) is 2. The van der Waals surface area contributed by atoms with Crippen molar-refractivity contribution >= 4 is 5.91 Å². The van der Waals surface area contributed by atoms with E-state index in [1.807, 2.05) is 6.08 Å². The van der Waals surface area contributed by atoms with E-state index in [0.717, 1.165) is 89.9 Å². The lowest BCUT2D eigenvalue weighted by Crippen LogP contribution is -2.60. The highest BCUT2D eigenvalue weighted by Gasteiger charge is 2.44. The molecule has 1 aliphatic rings. The molecule has 0 aromatic rings. The van der Waals surface area contributed by atoms with Crippen LogP contribution in [0.4, 0.5) is 0 Å². The number of nitrogens with one attached hydrogen (secondary N) is 1. The minimum Gasteiger partial charge on any atom is -0.394 e. The van der Waals surface area contributed by atoms with Gasteiger partial charge in [-0.2, -0.15) is 0 Å². The van der Waals surface area contributed by atoms with E-state index in [0.29, 0.717) is 6.42 Å². The summed E-state index contributed by atoms with van der Waals surface area (Å²) in [6.45, 7) is 3.66.